The van der Waals surface area contributed by atoms with Crippen LogP contribution in [0.5, 0.6) is 0 Å². The van der Waals surface area contributed by atoms with Crippen molar-refractivity contribution in [3.8, 4) is 11.5 Å². The summed E-state index contributed by atoms with van der Waals surface area (Å²) in [5, 5.41) is 16.0. The molecular weight excluding hydrogens is 398 g/mol. The van der Waals surface area contributed by atoms with Crippen LogP contribution in [0.3, 0.4) is 0 Å². The molecule has 0 spiro atoms. The minimum Gasteiger partial charge on any atom is -0.419 e. The first-order valence-electron chi connectivity index (χ1n) is 9.61. The van der Waals surface area contributed by atoms with Crippen molar-refractivity contribution in [2.45, 2.75) is 38.1 Å². The number of aromatic nitrogens is 5. The van der Waals surface area contributed by atoms with Crippen molar-refractivity contribution in [2.75, 3.05) is 19.6 Å². The van der Waals surface area contributed by atoms with Gasteiger partial charge >= 0.3 is 0 Å². The van der Waals surface area contributed by atoms with Gasteiger partial charge in [-0.2, -0.15) is 5.10 Å². The van der Waals surface area contributed by atoms with E-state index in [2.05, 4.69) is 25.6 Å². The molecule has 0 aromatic carbocycles. The number of rotatable bonds is 4. The van der Waals surface area contributed by atoms with Gasteiger partial charge in [0.15, 0.2) is 0 Å². The Bertz CT molecular complexity index is 1080. The largest absolute Gasteiger partial charge is 0.419 e. The molecular formula is C18H22ClN7O3. The summed E-state index contributed by atoms with van der Waals surface area (Å²) >= 11 is 0. The van der Waals surface area contributed by atoms with E-state index in [1.807, 2.05) is 0 Å². The van der Waals surface area contributed by atoms with Crippen LogP contribution < -0.4 is 10.9 Å². The number of hydrogen-bond acceptors (Lipinski definition) is 7. The van der Waals surface area contributed by atoms with Gasteiger partial charge in [0, 0.05) is 24.9 Å². The van der Waals surface area contributed by atoms with E-state index in [1.165, 1.54) is 0 Å². The lowest BCUT2D eigenvalue weighted by atomic mass is 9.94. The van der Waals surface area contributed by atoms with Crippen LogP contribution in [0.15, 0.2) is 21.5 Å². The quantitative estimate of drug-likeness (QED) is 0.648. The van der Waals surface area contributed by atoms with Gasteiger partial charge in [-0.3, -0.25) is 9.59 Å². The average Bonchev–Trinajstić information content (AvgIpc) is 3.43. The van der Waals surface area contributed by atoms with Gasteiger partial charge in [-0.05, 0) is 32.4 Å². The van der Waals surface area contributed by atoms with E-state index in [0.717, 1.165) is 38.0 Å². The van der Waals surface area contributed by atoms with E-state index in [-0.39, 0.29) is 35.7 Å². The number of amides is 1. The molecule has 10 nitrogen and oxygen atoms in total. The van der Waals surface area contributed by atoms with Crippen molar-refractivity contribution in [1.82, 2.24) is 35.0 Å². The van der Waals surface area contributed by atoms with Crippen LogP contribution in [0.1, 0.15) is 43.2 Å². The number of nitrogens with zero attached hydrogens (tertiary/aromatic N) is 5. The van der Waals surface area contributed by atoms with E-state index in [9.17, 15) is 9.59 Å². The molecule has 0 bridgehead atoms. The smallest absolute Gasteiger partial charge is 0.253 e. The second-order valence-corrected chi connectivity index (χ2v) is 7.32. The van der Waals surface area contributed by atoms with Crippen LogP contribution in [-0.2, 0) is 11.3 Å². The summed E-state index contributed by atoms with van der Waals surface area (Å²) in [5.41, 5.74) is 1.85. The highest BCUT2D eigenvalue weighted by molar-refractivity contribution is 5.85. The zero-order chi connectivity index (χ0) is 19.1. The Kier molecular flexibility index (Phi) is 5.37. The van der Waals surface area contributed by atoms with Crippen molar-refractivity contribution in [1.29, 1.82) is 0 Å². The lowest BCUT2D eigenvalue weighted by Gasteiger charge is -2.23. The molecule has 0 aliphatic carbocycles. The topological polar surface area (TPSA) is 121 Å². The zero-order valence-electron chi connectivity index (χ0n) is 15.8. The summed E-state index contributed by atoms with van der Waals surface area (Å²) in [5.74, 6) is 1.04. The third kappa shape index (κ3) is 3.65. The first-order valence-corrected chi connectivity index (χ1v) is 9.61. The van der Waals surface area contributed by atoms with E-state index in [1.54, 1.807) is 21.7 Å². The maximum Gasteiger partial charge on any atom is 0.253 e. The first-order chi connectivity index (χ1) is 13.7. The van der Waals surface area contributed by atoms with Gasteiger partial charge in [0.2, 0.25) is 11.8 Å². The zero-order valence-corrected chi connectivity index (χ0v) is 16.6. The molecule has 0 atom stereocenters. The molecule has 2 aliphatic heterocycles. The fraction of sp³-hybridized carbons (Fsp3) is 0.500. The number of hydrogen-bond donors (Lipinski definition) is 2. The van der Waals surface area contributed by atoms with Gasteiger partial charge in [-0.1, -0.05) is 0 Å². The third-order valence-corrected chi connectivity index (χ3v) is 5.49. The Morgan fingerprint density at radius 2 is 2.03 bits per heavy atom. The Labute approximate surface area is 172 Å². The normalized spacial score (nSPS) is 17.8. The minimum absolute atomic E-state index is 0. The number of carbonyl (C=O) groups excluding carboxylic acids is 1. The van der Waals surface area contributed by atoms with E-state index in [4.69, 9.17) is 4.42 Å². The molecule has 154 valence electrons. The number of H-pyrrole nitrogens is 1. The number of halogens is 1. The maximum absolute atomic E-state index is 12.3. The van der Waals surface area contributed by atoms with Crippen LogP contribution in [0.25, 0.3) is 17.1 Å². The van der Waals surface area contributed by atoms with E-state index >= 15 is 0 Å². The summed E-state index contributed by atoms with van der Waals surface area (Å²) in [6.45, 7) is 2.87. The van der Waals surface area contributed by atoms with Crippen LogP contribution in [0.4, 0.5) is 0 Å². The third-order valence-electron chi connectivity index (χ3n) is 5.49. The molecule has 1 amide bonds. The lowest BCUT2D eigenvalue weighted by Crippen LogP contribution is -2.28. The van der Waals surface area contributed by atoms with Gasteiger partial charge in [-0.25, -0.2) is 4.52 Å². The van der Waals surface area contributed by atoms with Gasteiger partial charge in [0.05, 0.1) is 18.4 Å². The van der Waals surface area contributed by atoms with Crippen LogP contribution >= 0.6 is 12.4 Å². The number of nitrogens with one attached hydrogen (secondary N) is 2. The molecule has 5 heterocycles. The van der Waals surface area contributed by atoms with Crippen LogP contribution in [0, 0.1) is 0 Å². The Morgan fingerprint density at radius 1 is 1.21 bits per heavy atom. The molecule has 2 fully saturated rings. The highest BCUT2D eigenvalue weighted by Gasteiger charge is 2.25. The van der Waals surface area contributed by atoms with Crippen molar-refractivity contribution in [3.63, 3.8) is 0 Å². The summed E-state index contributed by atoms with van der Waals surface area (Å²) in [6.07, 6.45) is 4.98. The Balaban J connectivity index is 0.00000205. The van der Waals surface area contributed by atoms with Gasteiger partial charge in [-0.15, -0.1) is 22.6 Å². The predicted octanol–water partition coefficient (Wildman–Crippen LogP) is 1.08. The standard InChI is InChI=1S/C18H21N7O3.ClH/c26-14-8-13(11-3-5-19-6-4-11)25-17(21-14)12(9-20-25)18-23-22-15(28-18)10-24-7-1-2-16(24)27;/h8-9,11,19H,1-7,10H2,(H,21,26);1H. The SMILES string of the molecule is Cl.O=C1CCCN1Cc1nnc(-c2cnn3c(C4CCNCC4)cc(=O)[nH]c23)o1. The van der Waals surface area contributed by atoms with Gasteiger partial charge in [0.25, 0.3) is 11.4 Å². The van der Waals surface area contributed by atoms with Crippen LogP contribution in [0.2, 0.25) is 0 Å². The summed E-state index contributed by atoms with van der Waals surface area (Å²) in [4.78, 5) is 28.6. The predicted molar refractivity (Wildman–Crippen MR) is 106 cm³/mol. The fourth-order valence-electron chi connectivity index (χ4n) is 4.04. The molecule has 2 N–H and O–H groups in total. The molecule has 0 saturated carbocycles. The molecule has 3 aromatic heterocycles. The summed E-state index contributed by atoms with van der Waals surface area (Å²) in [7, 11) is 0. The van der Waals surface area contributed by atoms with Crippen molar-refractivity contribution < 1.29 is 9.21 Å². The molecule has 29 heavy (non-hydrogen) atoms. The van der Waals surface area contributed by atoms with Crippen molar-refractivity contribution >= 4 is 24.0 Å². The number of aromatic amines is 1. The lowest BCUT2D eigenvalue weighted by molar-refractivity contribution is -0.128. The van der Waals surface area contributed by atoms with E-state index < -0.39 is 0 Å². The van der Waals surface area contributed by atoms with Crippen LogP contribution in [-0.4, -0.2) is 55.2 Å². The Hall–Kier alpha value is -2.72. The average molecular weight is 420 g/mol. The molecule has 0 radical (unpaired) electrons. The maximum atomic E-state index is 12.3. The molecule has 5 rings (SSSR count). The molecule has 2 aliphatic rings. The van der Waals surface area contributed by atoms with Crippen molar-refractivity contribution in [2.24, 2.45) is 0 Å². The number of fused-ring (bicyclic) bond motifs is 1. The molecule has 3 aromatic rings. The van der Waals surface area contributed by atoms with Crippen molar-refractivity contribution in [3.05, 3.63) is 34.2 Å². The number of piperidine rings is 1. The molecule has 0 unspecified atom stereocenters. The second-order valence-electron chi connectivity index (χ2n) is 7.32. The Morgan fingerprint density at radius 3 is 2.79 bits per heavy atom. The first kappa shape index (κ1) is 19.6. The van der Waals surface area contributed by atoms with Gasteiger partial charge in [0.1, 0.15) is 11.2 Å². The monoisotopic (exact) mass is 419 g/mol. The molecule has 2 saturated heterocycles. The highest BCUT2D eigenvalue weighted by atomic mass is 35.5. The highest BCUT2D eigenvalue weighted by Crippen LogP contribution is 2.28. The van der Waals surface area contributed by atoms with E-state index in [0.29, 0.717) is 36.6 Å². The number of likely N-dealkylation sites (tertiary alicyclic amines) is 1. The van der Waals surface area contributed by atoms with Gasteiger partial charge < -0.3 is 19.6 Å². The summed E-state index contributed by atoms with van der Waals surface area (Å²) in [6, 6.07) is 1.62. The number of carbonyl (C=O) groups is 1. The second kappa shape index (κ2) is 7.96. The molecule has 11 heteroatoms. The fourth-order valence-corrected chi connectivity index (χ4v) is 4.04. The minimum atomic E-state index is -0.176. The summed E-state index contributed by atoms with van der Waals surface area (Å²) < 4.78 is 7.53.